The third kappa shape index (κ3) is 9.49. The summed E-state index contributed by atoms with van der Waals surface area (Å²) >= 11 is 0. The fourth-order valence-electron chi connectivity index (χ4n) is 1.63. The Morgan fingerprint density at radius 3 is 2.44 bits per heavy atom. The molecule has 1 unspecified atom stereocenters. The molecule has 0 aromatic rings. The van der Waals surface area contributed by atoms with Crippen LogP contribution in [0.2, 0.25) is 0 Å². The average molecular weight is 230 g/mol. The molecule has 0 bridgehead atoms. The molecule has 94 valence electrons. The molecule has 0 heterocycles. The van der Waals surface area contributed by atoms with Crippen molar-refractivity contribution in [2.24, 2.45) is 0 Å². The SMILES string of the molecule is CCC(CCCCCCCC(=O)O)OC=O. The topological polar surface area (TPSA) is 63.6 Å². The lowest BCUT2D eigenvalue weighted by Crippen LogP contribution is -2.10. The molecule has 0 aromatic carbocycles. The molecule has 0 aliphatic carbocycles. The molecule has 1 N–H and O–H groups in total. The standard InChI is InChI=1S/C12H22O4/c1-2-11(16-10-13)8-6-4-3-5-7-9-12(14)15/h10-11H,2-9H2,1H3,(H,14,15). The summed E-state index contributed by atoms with van der Waals surface area (Å²) in [6.45, 7) is 2.52. The summed E-state index contributed by atoms with van der Waals surface area (Å²) in [4.78, 5) is 20.4. The second-order valence-corrected chi connectivity index (χ2v) is 3.96. The number of hydrogen-bond acceptors (Lipinski definition) is 3. The smallest absolute Gasteiger partial charge is 0.303 e. The van der Waals surface area contributed by atoms with Gasteiger partial charge in [-0.25, -0.2) is 0 Å². The van der Waals surface area contributed by atoms with E-state index in [-0.39, 0.29) is 12.5 Å². The van der Waals surface area contributed by atoms with Crippen LogP contribution < -0.4 is 0 Å². The molecule has 0 aliphatic rings. The van der Waals surface area contributed by atoms with Crippen molar-refractivity contribution in [2.75, 3.05) is 0 Å². The highest BCUT2D eigenvalue weighted by molar-refractivity contribution is 5.66. The Labute approximate surface area is 97.0 Å². The first-order valence-electron chi connectivity index (χ1n) is 6.01. The predicted molar refractivity (Wildman–Crippen MR) is 61.2 cm³/mol. The Kier molecular flexibility index (Phi) is 9.76. The van der Waals surface area contributed by atoms with Crippen LogP contribution in [0.3, 0.4) is 0 Å². The van der Waals surface area contributed by atoms with Crippen molar-refractivity contribution in [1.82, 2.24) is 0 Å². The van der Waals surface area contributed by atoms with Crippen LogP contribution in [-0.2, 0) is 14.3 Å². The van der Waals surface area contributed by atoms with E-state index in [1.165, 1.54) is 0 Å². The van der Waals surface area contributed by atoms with Crippen LogP contribution in [0.15, 0.2) is 0 Å². The van der Waals surface area contributed by atoms with Gasteiger partial charge >= 0.3 is 5.97 Å². The van der Waals surface area contributed by atoms with Gasteiger partial charge in [0.05, 0.1) is 0 Å². The molecular formula is C12H22O4. The van der Waals surface area contributed by atoms with E-state index < -0.39 is 5.97 Å². The summed E-state index contributed by atoms with van der Waals surface area (Å²) in [6.07, 6.45) is 7.01. The minimum Gasteiger partial charge on any atom is -0.481 e. The molecule has 0 spiro atoms. The number of aliphatic carboxylic acids is 1. The Morgan fingerprint density at radius 1 is 1.25 bits per heavy atom. The van der Waals surface area contributed by atoms with Gasteiger partial charge in [-0.05, 0) is 25.7 Å². The molecule has 1 atom stereocenters. The molecule has 0 saturated heterocycles. The van der Waals surface area contributed by atoms with E-state index in [9.17, 15) is 9.59 Å². The molecule has 16 heavy (non-hydrogen) atoms. The van der Waals surface area contributed by atoms with Crippen LogP contribution >= 0.6 is 0 Å². The summed E-state index contributed by atoms with van der Waals surface area (Å²) in [5.41, 5.74) is 0. The zero-order valence-electron chi connectivity index (χ0n) is 9.98. The van der Waals surface area contributed by atoms with Crippen molar-refractivity contribution in [2.45, 2.75) is 64.4 Å². The molecule has 0 saturated carbocycles. The van der Waals surface area contributed by atoms with Gasteiger partial charge in [0, 0.05) is 6.42 Å². The first kappa shape index (κ1) is 14.9. The second-order valence-electron chi connectivity index (χ2n) is 3.96. The van der Waals surface area contributed by atoms with Crippen LogP contribution in [0.5, 0.6) is 0 Å². The fourth-order valence-corrected chi connectivity index (χ4v) is 1.63. The van der Waals surface area contributed by atoms with E-state index in [0.29, 0.717) is 6.47 Å². The van der Waals surface area contributed by atoms with Gasteiger partial charge in [-0.15, -0.1) is 0 Å². The first-order valence-corrected chi connectivity index (χ1v) is 6.01. The lowest BCUT2D eigenvalue weighted by Gasteiger charge is -2.11. The number of carboxylic acids is 1. The van der Waals surface area contributed by atoms with Crippen LogP contribution in [-0.4, -0.2) is 23.7 Å². The number of carbonyl (C=O) groups excluding carboxylic acids is 1. The van der Waals surface area contributed by atoms with Crippen molar-refractivity contribution in [3.63, 3.8) is 0 Å². The lowest BCUT2D eigenvalue weighted by molar-refractivity contribution is -0.137. The van der Waals surface area contributed by atoms with E-state index in [2.05, 4.69) is 0 Å². The minimum atomic E-state index is -0.717. The van der Waals surface area contributed by atoms with E-state index >= 15 is 0 Å². The largest absolute Gasteiger partial charge is 0.481 e. The average Bonchev–Trinajstić information content (AvgIpc) is 2.26. The van der Waals surface area contributed by atoms with Gasteiger partial charge in [-0.2, -0.15) is 0 Å². The highest BCUT2D eigenvalue weighted by Gasteiger charge is 2.05. The molecular weight excluding hydrogens is 208 g/mol. The van der Waals surface area contributed by atoms with E-state index in [4.69, 9.17) is 9.84 Å². The summed E-state index contributed by atoms with van der Waals surface area (Å²) in [5, 5.41) is 8.43. The van der Waals surface area contributed by atoms with Gasteiger partial charge in [0.15, 0.2) is 0 Å². The fraction of sp³-hybridized carbons (Fsp3) is 0.833. The Hall–Kier alpha value is -1.06. The number of carboxylic acid groups (broad SMARTS) is 1. The van der Waals surface area contributed by atoms with Crippen molar-refractivity contribution in [1.29, 1.82) is 0 Å². The molecule has 0 rings (SSSR count). The molecule has 0 aromatic heterocycles. The summed E-state index contributed by atoms with van der Waals surface area (Å²) in [6, 6.07) is 0. The highest BCUT2D eigenvalue weighted by Crippen LogP contribution is 2.11. The molecule has 0 amide bonds. The maximum atomic E-state index is 10.2. The quantitative estimate of drug-likeness (QED) is 0.438. The molecule has 0 aliphatic heterocycles. The molecule has 0 fully saturated rings. The van der Waals surface area contributed by atoms with Crippen molar-refractivity contribution >= 4 is 12.4 Å². The van der Waals surface area contributed by atoms with Crippen molar-refractivity contribution < 1.29 is 19.4 Å². The predicted octanol–water partition coefficient (Wildman–Crippen LogP) is 2.75. The van der Waals surface area contributed by atoms with Crippen LogP contribution in [0.4, 0.5) is 0 Å². The van der Waals surface area contributed by atoms with Crippen molar-refractivity contribution in [3.05, 3.63) is 0 Å². The summed E-state index contributed by atoms with van der Waals surface area (Å²) in [7, 11) is 0. The maximum absolute atomic E-state index is 10.2. The normalized spacial score (nSPS) is 12.1. The number of unbranched alkanes of at least 4 members (excludes halogenated alkanes) is 4. The molecule has 4 heteroatoms. The number of rotatable bonds is 11. The number of ether oxygens (including phenoxy) is 1. The van der Waals surface area contributed by atoms with Gasteiger partial charge in [-0.3, -0.25) is 9.59 Å². The van der Waals surface area contributed by atoms with Gasteiger partial charge in [0.2, 0.25) is 0 Å². The lowest BCUT2D eigenvalue weighted by atomic mass is 10.1. The maximum Gasteiger partial charge on any atom is 0.303 e. The molecule has 4 nitrogen and oxygen atoms in total. The minimum absolute atomic E-state index is 0.0523. The molecule has 0 radical (unpaired) electrons. The van der Waals surface area contributed by atoms with E-state index in [1.807, 2.05) is 6.92 Å². The second kappa shape index (κ2) is 10.5. The van der Waals surface area contributed by atoms with Gasteiger partial charge in [-0.1, -0.05) is 26.2 Å². The summed E-state index contributed by atoms with van der Waals surface area (Å²) in [5.74, 6) is -0.717. The zero-order valence-corrected chi connectivity index (χ0v) is 9.98. The van der Waals surface area contributed by atoms with Crippen LogP contribution in [0.1, 0.15) is 58.3 Å². The Morgan fingerprint density at radius 2 is 1.88 bits per heavy atom. The van der Waals surface area contributed by atoms with E-state index in [0.717, 1.165) is 44.9 Å². The summed E-state index contributed by atoms with van der Waals surface area (Å²) < 4.78 is 4.89. The zero-order chi connectivity index (χ0) is 12.2. The Balaban J connectivity index is 3.25. The van der Waals surface area contributed by atoms with Crippen LogP contribution in [0.25, 0.3) is 0 Å². The van der Waals surface area contributed by atoms with Gasteiger partial charge in [0.25, 0.3) is 6.47 Å². The number of carbonyl (C=O) groups is 2. The van der Waals surface area contributed by atoms with Gasteiger partial charge < -0.3 is 9.84 Å². The highest BCUT2D eigenvalue weighted by atomic mass is 16.5. The monoisotopic (exact) mass is 230 g/mol. The van der Waals surface area contributed by atoms with Gasteiger partial charge in [0.1, 0.15) is 6.10 Å². The Bertz CT molecular complexity index is 191. The number of hydrogen-bond donors (Lipinski definition) is 1. The third-order valence-electron chi connectivity index (χ3n) is 2.62. The third-order valence-corrected chi connectivity index (χ3v) is 2.62. The first-order chi connectivity index (χ1) is 7.70. The van der Waals surface area contributed by atoms with Crippen LogP contribution in [0, 0.1) is 0 Å². The van der Waals surface area contributed by atoms with E-state index in [1.54, 1.807) is 0 Å². The van der Waals surface area contributed by atoms with Crippen molar-refractivity contribution in [3.8, 4) is 0 Å².